The summed E-state index contributed by atoms with van der Waals surface area (Å²) >= 11 is 1.83. The molecule has 20 heavy (non-hydrogen) atoms. The quantitative estimate of drug-likeness (QED) is 0.761. The van der Waals surface area contributed by atoms with Crippen molar-refractivity contribution in [3.8, 4) is 0 Å². The monoisotopic (exact) mass is 284 g/mol. The fourth-order valence-corrected chi connectivity index (χ4v) is 3.64. The van der Waals surface area contributed by atoms with E-state index in [4.69, 9.17) is 0 Å². The van der Waals surface area contributed by atoms with Gasteiger partial charge in [-0.2, -0.15) is 0 Å². The molecule has 0 atom stereocenters. The Morgan fingerprint density at radius 1 is 1.10 bits per heavy atom. The van der Waals surface area contributed by atoms with Gasteiger partial charge in [0.25, 0.3) is 0 Å². The number of nitrogens with one attached hydrogen (secondary N) is 1. The van der Waals surface area contributed by atoms with Gasteiger partial charge < -0.3 is 9.88 Å². The molecule has 3 heteroatoms. The summed E-state index contributed by atoms with van der Waals surface area (Å²) in [6.07, 6.45) is 0. The van der Waals surface area contributed by atoms with Gasteiger partial charge in [-0.05, 0) is 42.5 Å². The standard InChI is InChI=1S/C17H20N2S/c1-12-8-9-20-17(12)11-18-10-16-13(2)14-6-4-5-7-15(14)19(16)3/h4-9,18H,10-11H2,1-3H3. The van der Waals surface area contributed by atoms with Gasteiger partial charge in [0.05, 0.1) is 0 Å². The molecular formula is C17H20N2S. The van der Waals surface area contributed by atoms with Crippen LogP contribution in [-0.2, 0) is 20.1 Å². The molecule has 2 heterocycles. The lowest BCUT2D eigenvalue weighted by atomic mass is 10.1. The van der Waals surface area contributed by atoms with Crippen molar-refractivity contribution in [1.82, 2.24) is 9.88 Å². The Morgan fingerprint density at radius 3 is 2.60 bits per heavy atom. The lowest BCUT2D eigenvalue weighted by Gasteiger charge is -2.08. The first-order valence-electron chi connectivity index (χ1n) is 6.95. The van der Waals surface area contributed by atoms with Gasteiger partial charge in [0.15, 0.2) is 0 Å². The molecule has 0 amide bonds. The van der Waals surface area contributed by atoms with Crippen molar-refractivity contribution in [2.45, 2.75) is 26.9 Å². The van der Waals surface area contributed by atoms with E-state index in [1.807, 2.05) is 11.3 Å². The Bertz CT molecular complexity index is 698. The highest BCUT2D eigenvalue weighted by molar-refractivity contribution is 7.10. The molecule has 0 bridgehead atoms. The topological polar surface area (TPSA) is 17.0 Å². The number of aromatic nitrogens is 1. The van der Waals surface area contributed by atoms with Crippen LogP contribution in [0.1, 0.15) is 21.7 Å². The normalized spacial score (nSPS) is 11.3. The van der Waals surface area contributed by atoms with Gasteiger partial charge in [-0.15, -0.1) is 11.3 Å². The van der Waals surface area contributed by atoms with Crippen LogP contribution in [0.5, 0.6) is 0 Å². The van der Waals surface area contributed by atoms with E-state index in [1.165, 1.54) is 32.6 Å². The van der Waals surface area contributed by atoms with Crippen molar-refractivity contribution in [3.05, 3.63) is 57.4 Å². The van der Waals surface area contributed by atoms with Crippen LogP contribution in [0.3, 0.4) is 0 Å². The second kappa shape index (κ2) is 5.43. The van der Waals surface area contributed by atoms with Crippen LogP contribution in [-0.4, -0.2) is 4.57 Å². The maximum atomic E-state index is 3.58. The van der Waals surface area contributed by atoms with E-state index in [2.05, 4.69) is 66.5 Å². The number of aryl methyl sites for hydroxylation is 3. The van der Waals surface area contributed by atoms with Gasteiger partial charge in [0.1, 0.15) is 0 Å². The molecule has 1 N–H and O–H groups in total. The largest absolute Gasteiger partial charge is 0.346 e. The zero-order valence-electron chi connectivity index (χ0n) is 12.2. The average Bonchev–Trinajstić information content (AvgIpc) is 2.97. The number of hydrogen-bond donors (Lipinski definition) is 1. The van der Waals surface area contributed by atoms with E-state index in [1.54, 1.807) is 0 Å². The number of hydrogen-bond acceptors (Lipinski definition) is 2. The minimum Gasteiger partial charge on any atom is -0.346 e. The molecule has 0 aliphatic heterocycles. The van der Waals surface area contributed by atoms with Crippen molar-refractivity contribution >= 4 is 22.2 Å². The van der Waals surface area contributed by atoms with Crippen molar-refractivity contribution in [2.75, 3.05) is 0 Å². The van der Waals surface area contributed by atoms with E-state index in [0.29, 0.717) is 0 Å². The summed E-state index contributed by atoms with van der Waals surface area (Å²) in [5, 5.41) is 7.10. The third-order valence-corrected chi connectivity index (χ3v) is 5.08. The Kier molecular flexibility index (Phi) is 3.64. The number of nitrogens with zero attached hydrogens (tertiary/aromatic N) is 1. The van der Waals surface area contributed by atoms with Gasteiger partial charge in [-0.25, -0.2) is 0 Å². The van der Waals surface area contributed by atoms with Crippen LogP contribution >= 0.6 is 11.3 Å². The second-order valence-corrected chi connectivity index (χ2v) is 6.28. The van der Waals surface area contributed by atoms with Crippen molar-refractivity contribution in [2.24, 2.45) is 7.05 Å². The molecule has 0 spiro atoms. The summed E-state index contributed by atoms with van der Waals surface area (Å²) < 4.78 is 2.30. The van der Waals surface area contributed by atoms with E-state index >= 15 is 0 Å². The molecule has 0 radical (unpaired) electrons. The molecule has 3 aromatic rings. The lowest BCUT2D eigenvalue weighted by Crippen LogP contribution is -2.15. The van der Waals surface area contributed by atoms with Crippen LogP contribution in [0.15, 0.2) is 35.7 Å². The van der Waals surface area contributed by atoms with Crippen LogP contribution in [0.2, 0.25) is 0 Å². The predicted octanol–water partition coefficient (Wildman–Crippen LogP) is 4.15. The highest BCUT2D eigenvalue weighted by Gasteiger charge is 2.10. The zero-order valence-corrected chi connectivity index (χ0v) is 13.1. The molecule has 2 aromatic heterocycles. The SMILES string of the molecule is Cc1ccsc1CNCc1c(C)c2ccccc2n1C. The van der Waals surface area contributed by atoms with Gasteiger partial charge in [0, 0.05) is 41.6 Å². The molecule has 0 aliphatic rings. The zero-order chi connectivity index (χ0) is 14.1. The Morgan fingerprint density at radius 2 is 1.90 bits per heavy atom. The predicted molar refractivity (Wildman–Crippen MR) is 87.3 cm³/mol. The van der Waals surface area contributed by atoms with Gasteiger partial charge in [0.2, 0.25) is 0 Å². The summed E-state index contributed by atoms with van der Waals surface area (Å²) in [5.41, 5.74) is 5.46. The number of thiophene rings is 1. The number of para-hydroxylation sites is 1. The van der Waals surface area contributed by atoms with Crippen LogP contribution in [0, 0.1) is 13.8 Å². The summed E-state index contributed by atoms with van der Waals surface area (Å²) in [6.45, 7) is 6.25. The second-order valence-electron chi connectivity index (χ2n) is 5.28. The first kappa shape index (κ1) is 13.4. The Hall–Kier alpha value is -1.58. The maximum Gasteiger partial charge on any atom is 0.0483 e. The molecule has 0 unspecified atom stereocenters. The fourth-order valence-electron chi connectivity index (χ4n) is 2.77. The smallest absolute Gasteiger partial charge is 0.0483 e. The molecule has 3 rings (SSSR count). The van der Waals surface area contributed by atoms with Crippen LogP contribution in [0.25, 0.3) is 10.9 Å². The minimum absolute atomic E-state index is 0.911. The molecule has 1 aromatic carbocycles. The lowest BCUT2D eigenvalue weighted by molar-refractivity contribution is 0.660. The summed E-state index contributed by atoms with van der Waals surface area (Å²) in [7, 11) is 2.16. The number of fused-ring (bicyclic) bond motifs is 1. The summed E-state index contributed by atoms with van der Waals surface area (Å²) in [5.74, 6) is 0. The molecular weight excluding hydrogens is 264 g/mol. The van der Waals surface area contributed by atoms with Crippen molar-refractivity contribution in [3.63, 3.8) is 0 Å². The van der Waals surface area contributed by atoms with Gasteiger partial charge >= 0.3 is 0 Å². The maximum absolute atomic E-state index is 3.58. The van der Waals surface area contributed by atoms with Gasteiger partial charge in [-0.1, -0.05) is 18.2 Å². The molecule has 0 saturated heterocycles. The first-order valence-corrected chi connectivity index (χ1v) is 7.83. The van der Waals surface area contributed by atoms with Crippen LogP contribution in [0.4, 0.5) is 0 Å². The Balaban J connectivity index is 1.79. The van der Waals surface area contributed by atoms with E-state index < -0.39 is 0 Å². The number of benzene rings is 1. The van der Waals surface area contributed by atoms with Crippen LogP contribution < -0.4 is 5.32 Å². The minimum atomic E-state index is 0.911. The summed E-state index contributed by atoms with van der Waals surface area (Å²) in [6, 6.07) is 10.8. The third-order valence-electron chi connectivity index (χ3n) is 4.05. The molecule has 2 nitrogen and oxygen atoms in total. The Labute approximate surface area is 124 Å². The van der Waals surface area contributed by atoms with E-state index in [0.717, 1.165) is 13.1 Å². The number of rotatable bonds is 4. The molecule has 104 valence electrons. The highest BCUT2D eigenvalue weighted by atomic mass is 32.1. The fraction of sp³-hybridized carbons (Fsp3) is 0.294. The highest BCUT2D eigenvalue weighted by Crippen LogP contribution is 2.24. The average molecular weight is 284 g/mol. The molecule has 0 saturated carbocycles. The van der Waals surface area contributed by atoms with E-state index in [-0.39, 0.29) is 0 Å². The van der Waals surface area contributed by atoms with E-state index in [9.17, 15) is 0 Å². The molecule has 0 fully saturated rings. The van der Waals surface area contributed by atoms with Crippen molar-refractivity contribution in [1.29, 1.82) is 0 Å². The molecule has 0 aliphatic carbocycles. The summed E-state index contributed by atoms with van der Waals surface area (Å²) in [4.78, 5) is 1.43. The van der Waals surface area contributed by atoms with Crippen molar-refractivity contribution < 1.29 is 0 Å². The third kappa shape index (κ3) is 2.28. The van der Waals surface area contributed by atoms with Gasteiger partial charge in [-0.3, -0.25) is 0 Å². The first-order chi connectivity index (χ1) is 9.68.